The van der Waals surface area contributed by atoms with Crippen LogP contribution in [0.15, 0.2) is 29.2 Å². The fourth-order valence-electron chi connectivity index (χ4n) is 2.66. The lowest BCUT2D eigenvalue weighted by molar-refractivity contribution is -0.130. The minimum atomic E-state index is -3.54. The highest BCUT2D eigenvalue weighted by molar-refractivity contribution is 7.89. The predicted octanol–water partition coefficient (Wildman–Crippen LogP) is 2.63. The fraction of sp³-hybridized carbons (Fsp3) is 0.632. The average Bonchev–Trinajstić information content (AvgIpc) is 2.66. The summed E-state index contributed by atoms with van der Waals surface area (Å²) in [6.45, 7) is 6.45. The van der Waals surface area contributed by atoms with Crippen LogP contribution in [0.2, 0.25) is 0 Å². The molecule has 1 amide bonds. The van der Waals surface area contributed by atoms with Crippen LogP contribution in [0.4, 0.5) is 5.69 Å². The van der Waals surface area contributed by atoms with Gasteiger partial charge in [0, 0.05) is 25.4 Å². The van der Waals surface area contributed by atoms with E-state index in [9.17, 15) is 13.2 Å². The maximum Gasteiger partial charge on any atom is 0.253 e. The zero-order chi connectivity index (χ0) is 20.0. The molecule has 0 bridgehead atoms. The molecule has 27 heavy (non-hydrogen) atoms. The van der Waals surface area contributed by atoms with Crippen molar-refractivity contribution in [3.8, 4) is 0 Å². The summed E-state index contributed by atoms with van der Waals surface area (Å²) in [6.07, 6.45) is 2.58. The molecule has 152 valence electrons. The summed E-state index contributed by atoms with van der Waals surface area (Å²) in [6, 6.07) is 6.00. The second-order valence-electron chi connectivity index (χ2n) is 7.09. The van der Waals surface area contributed by atoms with E-state index in [1.807, 2.05) is 13.8 Å². The van der Waals surface area contributed by atoms with Gasteiger partial charge in [0.1, 0.15) is 6.10 Å². The Morgan fingerprint density at radius 3 is 2.48 bits per heavy atom. The second-order valence-corrected chi connectivity index (χ2v) is 9.09. The molecule has 2 rings (SSSR count). The first kappa shape index (κ1) is 21.8. The topological polar surface area (TPSA) is 84.9 Å². The molecule has 1 aliphatic rings. The molecular formula is C19H30N2O5S. The molecule has 1 heterocycles. The SMILES string of the molecule is CC(OCC1CCCCO1)C(=O)Nc1ccc(S(=O)(=O)N(C)C(C)C)cc1. The fourth-order valence-corrected chi connectivity index (χ4v) is 4.03. The smallest absolute Gasteiger partial charge is 0.253 e. The number of ether oxygens (including phenoxy) is 2. The van der Waals surface area contributed by atoms with Gasteiger partial charge in [-0.05, 0) is 64.3 Å². The second kappa shape index (κ2) is 9.64. The lowest BCUT2D eigenvalue weighted by Crippen LogP contribution is -2.33. The molecule has 1 aromatic rings. The Balaban J connectivity index is 1.90. The number of amides is 1. The van der Waals surface area contributed by atoms with Crippen molar-refractivity contribution in [1.82, 2.24) is 4.31 Å². The molecule has 1 N–H and O–H groups in total. The van der Waals surface area contributed by atoms with Crippen LogP contribution < -0.4 is 5.32 Å². The zero-order valence-corrected chi connectivity index (χ0v) is 17.3. The van der Waals surface area contributed by atoms with Gasteiger partial charge in [-0.3, -0.25) is 4.79 Å². The first-order chi connectivity index (χ1) is 12.7. The number of anilines is 1. The highest BCUT2D eigenvalue weighted by atomic mass is 32.2. The van der Waals surface area contributed by atoms with Gasteiger partial charge in [-0.2, -0.15) is 4.31 Å². The number of hydrogen-bond donors (Lipinski definition) is 1. The van der Waals surface area contributed by atoms with Crippen molar-refractivity contribution in [3.63, 3.8) is 0 Å². The van der Waals surface area contributed by atoms with Gasteiger partial charge in [0.2, 0.25) is 10.0 Å². The van der Waals surface area contributed by atoms with Crippen LogP contribution in [0.25, 0.3) is 0 Å². The van der Waals surface area contributed by atoms with Crippen LogP contribution in [0.1, 0.15) is 40.0 Å². The molecule has 8 heteroatoms. The Morgan fingerprint density at radius 2 is 1.93 bits per heavy atom. The number of hydrogen-bond acceptors (Lipinski definition) is 5. The Labute approximate surface area is 162 Å². The largest absolute Gasteiger partial charge is 0.376 e. The van der Waals surface area contributed by atoms with E-state index in [4.69, 9.17) is 9.47 Å². The van der Waals surface area contributed by atoms with Crippen LogP contribution in [0.5, 0.6) is 0 Å². The molecule has 0 aliphatic carbocycles. The van der Waals surface area contributed by atoms with Crippen molar-refractivity contribution >= 4 is 21.6 Å². The molecule has 1 fully saturated rings. The first-order valence-electron chi connectivity index (χ1n) is 9.34. The standard InChI is InChI=1S/C19H30N2O5S/c1-14(2)21(4)27(23,24)18-10-8-16(9-11-18)20-19(22)15(3)26-13-17-7-5-6-12-25-17/h8-11,14-15,17H,5-7,12-13H2,1-4H3,(H,20,22). The number of carbonyl (C=O) groups is 1. The van der Waals surface area contributed by atoms with E-state index < -0.39 is 16.1 Å². The number of benzene rings is 1. The number of nitrogens with zero attached hydrogens (tertiary/aromatic N) is 1. The summed E-state index contributed by atoms with van der Waals surface area (Å²) in [7, 11) is -1.99. The van der Waals surface area contributed by atoms with E-state index in [1.54, 1.807) is 26.1 Å². The van der Waals surface area contributed by atoms with E-state index in [1.165, 1.54) is 16.4 Å². The zero-order valence-electron chi connectivity index (χ0n) is 16.5. The number of carbonyl (C=O) groups excluding carboxylic acids is 1. The minimum absolute atomic E-state index is 0.0523. The molecule has 2 atom stereocenters. The Kier molecular flexibility index (Phi) is 7.79. The predicted molar refractivity (Wildman–Crippen MR) is 104 cm³/mol. The van der Waals surface area contributed by atoms with Gasteiger partial charge >= 0.3 is 0 Å². The van der Waals surface area contributed by atoms with E-state index >= 15 is 0 Å². The lowest BCUT2D eigenvalue weighted by Gasteiger charge is -2.24. The van der Waals surface area contributed by atoms with Gasteiger partial charge in [0.05, 0.1) is 17.6 Å². The van der Waals surface area contributed by atoms with Crippen molar-refractivity contribution < 1.29 is 22.7 Å². The number of sulfonamides is 1. The van der Waals surface area contributed by atoms with Crippen LogP contribution in [-0.4, -0.2) is 57.1 Å². The van der Waals surface area contributed by atoms with Crippen LogP contribution in [0.3, 0.4) is 0 Å². The number of rotatable bonds is 8. The minimum Gasteiger partial charge on any atom is -0.376 e. The molecular weight excluding hydrogens is 368 g/mol. The van der Waals surface area contributed by atoms with Gasteiger partial charge in [0.25, 0.3) is 5.91 Å². The monoisotopic (exact) mass is 398 g/mol. The van der Waals surface area contributed by atoms with Gasteiger partial charge in [-0.25, -0.2) is 8.42 Å². The molecule has 0 radical (unpaired) electrons. The van der Waals surface area contributed by atoms with Crippen molar-refractivity contribution in [1.29, 1.82) is 0 Å². The van der Waals surface area contributed by atoms with Crippen LogP contribution >= 0.6 is 0 Å². The normalized spacial score (nSPS) is 19.3. The van der Waals surface area contributed by atoms with Gasteiger partial charge in [-0.1, -0.05) is 0 Å². The molecule has 1 saturated heterocycles. The quantitative estimate of drug-likeness (QED) is 0.728. The summed E-state index contributed by atoms with van der Waals surface area (Å²) >= 11 is 0. The van der Waals surface area contributed by atoms with Crippen LogP contribution in [-0.2, 0) is 24.3 Å². The van der Waals surface area contributed by atoms with Crippen molar-refractivity contribution in [3.05, 3.63) is 24.3 Å². The van der Waals surface area contributed by atoms with Crippen LogP contribution in [0, 0.1) is 0 Å². The first-order valence-corrected chi connectivity index (χ1v) is 10.8. The summed E-state index contributed by atoms with van der Waals surface area (Å²) in [5.74, 6) is -0.277. The molecule has 2 unspecified atom stereocenters. The average molecular weight is 399 g/mol. The van der Waals surface area contributed by atoms with Gasteiger partial charge in [-0.15, -0.1) is 0 Å². The van der Waals surface area contributed by atoms with E-state index in [2.05, 4.69) is 5.32 Å². The van der Waals surface area contributed by atoms with Gasteiger partial charge in [0.15, 0.2) is 0 Å². The molecule has 1 aromatic carbocycles. The molecule has 0 aromatic heterocycles. The molecule has 0 saturated carbocycles. The van der Waals surface area contributed by atoms with Crippen molar-refractivity contribution in [2.75, 3.05) is 25.6 Å². The summed E-state index contributed by atoms with van der Waals surface area (Å²) < 4.78 is 37.4. The Hall–Kier alpha value is -1.48. The Morgan fingerprint density at radius 1 is 1.26 bits per heavy atom. The maximum atomic E-state index is 12.5. The number of nitrogens with one attached hydrogen (secondary N) is 1. The third kappa shape index (κ3) is 6.00. The van der Waals surface area contributed by atoms with Crippen molar-refractivity contribution in [2.24, 2.45) is 0 Å². The van der Waals surface area contributed by atoms with Crippen molar-refractivity contribution in [2.45, 2.75) is 63.2 Å². The maximum absolute atomic E-state index is 12.5. The van der Waals surface area contributed by atoms with Gasteiger partial charge < -0.3 is 14.8 Å². The third-order valence-corrected chi connectivity index (χ3v) is 6.75. The summed E-state index contributed by atoms with van der Waals surface area (Å²) in [4.78, 5) is 12.5. The molecule has 1 aliphatic heterocycles. The highest BCUT2D eigenvalue weighted by Gasteiger charge is 2.23. The molecule has 7 nitrogen and oxygen atoms in total. The molecule has 0 spiro atoms. The summed E-state index contributed by atoms with van der Waals surface area (Å²) in [5.41, 5.74) is 0.524. The van der Waals surface area contributed by atoms with E-state index in [0.29, 0.717) is 12.3 Å². The third-order valence-electron chi connectivity index (χ3n) is 4.70. The van der Waals surface area contributed by atoms with E-state index in [0.717, 1.165) is 25.9 Å². The highest BCUT2D eigenvalue weighted by Crippen LogP contribution is 2.19. The van der Waals surface area contributed by atoms with E-state index in [-0.39, 0.29) is 22.9 Å². The Bertz CT molecular complexity index is 712. The summed E-state index contributed by atoms with van der Waals surface area (Å²) in [5, 5.41) is 2.75. The lowest BCUT2D eigenvalue weighted by atomic mass is 10.1.